The first-order valence-corrected chi connectivity index (χ1v) is 13.0. The van der Waals surface area contributed by atoms with Crippen molar-refractivity contribution < 1.29 is 18.3 Å². The Morgan fingerprint density at radius 1 is 1.24 bits per heavy atom. The minimum atomic E-state index is -0.624. The third-order valence-electron chi connectivity index (χ3n) is 7.13. The van der Waals surface area contributed by atoms with Crippen LogP contribution in [0.3, 0.4) is 0 Å². The third kappa shape index (κ3) is 3.77. The molecule has 2 aliphatic rings. The largest absolute Gasteiger partial charge is 0.389 e. The number of thiophene rings is 1. The number of nitrogens with two attached hydrogens (primary N) is 1. The van der Waals surface area contributed by atoms with E-state index in [1.54, 1.807) is 13.3 Å². The van der Waals surface area contributed by atoms with Gasteiger partial charge in [0.25, 0.3) is 0 Å². The Morgan fingerprint density at radius 3 is 2.76 bits per heavy atom. The number of halogens is 2. The van der Waals surface area contributed by atoms with Gasteiger partial charge < -0.3 is 25.4 Å². The number of fused-ring (bicyclic) bond motifs is 4. The molecule has 3 aromatic heterocycles. The molecule has 0 aliphatic carbocycles. The molecule has 1 fully saturated rings. The predicted octanol–water partition coefficient (Wildman–Crippen LogP) is 3.87. The molecule has 2 atom stereocenters. The van der Waals surface area contributed by atoms with E-state index in [4.69, 9.17) is 15.2 Å². The van der Waals surface area contributed by atoms with Crippen molar-refractivity contribution in [3.05, 3.63) is 40.7 Å². The normalized spacial score (nSPS) is 19.1. The Labute approximate surface area is 221 Å². The Bertz CT molecular complexity index is 1630. The fourth-order valence-electron chi connectivity index (χ4n) is 5.46. The van der Waals surface area contributed by atoms with Crippen LogP contribution in [0.25, 0.3) is 32.2 Å². The SMILES string of the molecule is CO[C@@H]1CN(c2ncc3c4c(c(-c5ncc(F)c6sc(N)c(C#N)c56)c(F)c3n2)COC4)C[C@H]1NC(C)C. The van der Waals surface area contributed by atoms with Crippen LogP contribution in [-0.4, -0.2) is 53.3 Å². The quantitative estimate of drug-likeness (QED) is 0.391. The summed E-state index contributed by atoms with van der Waals surface area (Å²) in [5.74, 6) is -0.862. The first-order chi connectivity index (χ1) is 18.3. The monoisotopic (exact) mass is 537 g/mol. The Kier molecular flexibility index (Phi) is 6.11. The number of hydrogen-bond acceptors (Lipinski definition) is 10. The Hall–Kier alpha value is -3.50. The highest BCUT2D eigenvalue weighted by molar-refractivity contribution is 7.23. The number of pyridine rings is 1. The number of ether oxygens (including phenoxy) is 2. The van der Waals surface area contributed by atoms with Crippen molar-refractivity contribution >= 4 is 43.3 Å². The molecule has 1 aromatic carbocycles. The maximum absolute atomic E-state index is 16.5. The average Bonchev–Trinajstić information content (AvgIpc) is 3.62. The maximum Gasteiger partial charge on any atom is 0.226 e. The lowest BCUT2D eigenvalue weighted by atomic mass is 9.94. The van der Waals surface area contributed by atoms with Gasteiger partial charge in [-0.25, -0.2) is 18.7 Å². The van der Waals surface area contributed by atoms with E-state index in [2.05, 4.69) is 34.1 Å². The standard InChI is InChI=1S/C26H25F2N7O2S/c1-11(2)33-17-7-35(8-18(17)36-3)26-32-5-13-14-9-37-10-15(14)19(21(28)22(13)34-26)23-20-12(4-29)25(30)38-24(20)16(27)6-31-23/h5-6,11,17-18,33H,7-10,30H2,1-3H3/t17-,18-/m1/s1. The van der Waals surface area contributed by atoms with Gasteiger partial charge >= 0.3 is 0 Å². The van der Waals surface area contributed by atoms with Crippen molar-refractivity contribution in [1.82, 2.24) is 20.3 Å². The summed E-state index contributed by atoms with van der Waals surface area (Å²) >= 11 is 0.944. The molecule has 5 heterocycles. The summed E-state index contributed by atoms with van der Waals surface area (Å²) in [6.07, 6.45) is 2.58. The summed E-state index contributed by atoms with van der Waals surface area (Å²) in [6.45, 7) is 5.69. The highest BCUT2D eigenvalue weighted by atomic mass is 32.1. The molecule has 12 heteroatoms. The van der Waals surface area contributed by atoms with Gasteiger partial charge in [-0.05, 0) is 11.1 Å². The lowest BCUT2D eigenvalue weighted by Crippen LogP contribution is -2.43. The Balaban J connectivity index is 1.54. The second kappa shape index (κ2) is 9.36. The van der Waals surface area contributed by atoms with E-state index >= 15 is 4.39 Å². The molecular weight excluding hydrogens is 512 g/mol. The molecule has 0 amide bonds. The second-order valence-electron chi connectivity index (χ2n) is 9.79. The molecule has 0 bridgehead atoms. The van der Waals surface area contributed by atoms with Crippen LogP contribution >= 0.6 is 11.3 Å². The number of benzene rings is 1. The summed E-state index contributed by atoms with van der Waals surface area (Å²) in [5.41, 5.74) is 7.83. The molecule has 0 radical (unpaired) electrons. The van der Waals surface area contributed by atoms with Crippen molar-refractivity contribution in [3.8, 4) is 17.3 Å². The van der Waals surface area contributed by atoms with Gasteiger partial charge in [-0.2, -0.15) is 5.26 Å². The number of anilines is 2. The van der Waals surface area contributed by atoms with E-state index in [0.717, 1.165) is 23.1 Å². The molecule has 0 unspecified atom stereocenters. The van der Waals surface area contributed by atoms with Gasteiger partial charge in [-0.15, -0.1) is 11.3 Å². The van der Waals surface area contributed by atoms with E-state index in [9.17, 15) is 9.65 Å². The molecule has 9 nitrogen and oxygen atoms in total. The van der Waals surface area contributed by atoms with Gasteiger partial charge in [-0.1, -0.05) is 13.8 Å². The molecule has 196 valence electrons. The van der Waals surface area contributed by atoms with Gasteiger partial charge in [0, 0.05) is 48.8 Å². The topological polar surface area (TPSA) is 122 Å². The van der Waals surface area contributed by atoms with Crippen LogP contribution in [0.4, 0.5) is 19.7 Å². The first kappa shape index (κ1) is 24.8. The number of nitriles is 1. The predicted molar refractivity (Wildman–Crippen MR) is 141 cm³/mol. The summed E-state index contributed by atoms with van der Waals surface area (Å²) in [4.78, 5) is 15.5. The lowest BCUT2D eigenvalue weighted by molar-refractivity contribution is 0.0946. The molecule has 1 saturated heterocycles. The zero-order chi connectivity index (χ0) is 26.7. The highest BCUT2D eigenvalue weighted by Gasteiger charge is 2.35. The molecule has 3 N–H and O–H groups in total. The molecular formula is C26H25F2N7O2S. The van der Waals surface area contributed by atoms with Crippen molar-refractivity contribution in [3.63, 3.8) is 0 Å². The highest BCUT2D eigenvalue weighted by Crippen LogP contribution is 2.45. The number of nitrogen functional groups attached to an aromatic ring is 1. The first-order valence-electron chi connectivity index (χ1n) is 12.2. The van der Waals surface area contributed by atoms with E-state index < -0.39 is 11.6 Å². The van der Waals surface area contributed by atoms with Crippen LogP contribution in [0.1, 0.15) is 30.5 Å². The number of rotatable bonds is 5. The lowest BCUT2D eigenvalue weighted by Gasteiger charge is -2.20. The van der Waals surface area contributed by atoms with Crippen LogP contribution in [0.15, 0.2) is 12.4 Å². The summed E-state index contributed by atoms with van der Waals surface area (Å²) in [6, 6.07) is 2.36. The molecule has 2 aliphatic heterocycles. The van der Waals surface area contributed by atoms with Crippen molar-refractivity contribution in [1.29, 1.82) is 5.26 Å². The van der Waals surface area contributed by atoms with E-state index in [0.29, 0.717) is 30.0 Å². The van der Waals surface area contributed by atoms with Crippen LogP contribution < -0.4 is 16.0 Å². The zero-order valence-corrected chi connectivity index (χ0v) is 21.8. The van der Waals surface area contributed by atoms with Crippen molar-refractivity contribution in [2.45, 2.75) is 45.2 Å². The van der Waals surface area contributed by atoms with Crippen molar-refractivity contribution in [2.75, 3.05) is 30.8 Å². The third-order valence-corrected chi connectivity index (χ3v) is 8.16. The van der Waals surface area contributed by atoms with Gasteiger partial charge in [-0.3, -0.25) is 4.98 Å². The van der Waals surface area contributed by atoms with Gasteiger partial charge in [0.2, 0.25) is 5.95 Å². The number of nitrogens with zero attached hydrogens (tertiary/aromatic N) is 5. The molecule has 4 aromatic rings. The number of nitrogens with one attached hydrogen (secondary N) is 1. The molecule has 6 rings (SSSR count). The second-order valence-corrected chi connectivity index (χ2v) is 10.8. The van der Waals surface area contributed by atoms with Crippen LogP contribution in [-0.2, 0) is 22.7 Å². The molecule has 0 spiro atoms. The smallest absolute Gasteiger partial charge is 0.226 e. The minimum absolute atomic E-state index is 0.0678. The van der Waals surface area contributed by atoms with Crippen LogP contribution in [0.5, 0.6) is 0 Å². The van der Waals surface area contributed by atoms with Crippen LogP contribution in [0.2, 0.25) is 0 Å². The Morgan fingerprint density at radius 2 is 2.03 bits per heavy atom. The summed E-state index contributed by atoms with van der Waals surface area (Å²) in [5, 5.41) is 14.1. The fraction of sp³-hybridized carbons (Fsp3) is 0.385. The van der Waals surface area contributed by atoms with E-state index in [-0.39, 0.29) is 68.8 Å². The fourth-order valence-corrected chi connectivity index (χ4v) is 6.38. The van der Waals surface area contributed by atoms with Gasteiger partial charge in [0.1, 0.15) is 16.6 Å². The van der Waals surface area contributed by atoms with E-state index in [1.165, 1.54) is 0 Å². The molecule has 38 heavy (non-hydrogen) atoms. The van der Waals surface area contributed by atoms with Gasteiger partial charge in [0.15, 0.2) is 11.6 Å². The molecule has 0 saturated carbocycles. The minimum Gasteiger partial charge on any atom is -0.389 e. The number of hydrogen-bond donors (Lipinski definition) is 2. The number of methoxy groups -OCH3 is 1. The average molecular weight is 538 g/mol. The van der Waals surface area contributed by atoms with Crippen LogP contribution in [0, 0.1) is 23.0 Å². The summed E-state index contributed by atoms with van der Waals surface area (Å²) in [7, 11) is 1.67. The maximum atomic E-state index is 16.5. The van der Waals surface area contributed by atoms with Crippen molar-refractivity contribution in [2.24, 2.45) is 0 Å². The zero-order valence-electron chi connectivity index (χ0n) is 21.0. The van der Waals surface area contributed by atoms with Gasteiger partial charge in [0.05, 0.1) is 47.5 Å². The number of aromatic nitrogens is 3. The summed E-state index contributed by atoms with van der Waals surface area (Å²) < 4.78 is 42.7. The van der Waals surface area contributed by atoms with E-state index in [1.807, 2.05) is 11.0 Å².